The van der Waals surface area contributed by atoms with Crippen LogP contribution in [0.1, 0.15) is 16.5 Å². The van der Waals surface area contributed by atoms with Crippen molar-refractivity contribution in [2.24, 2.45) is 0 Å². The van der Waals surface area contributed by atoms with Gasteiger partial charge in [0.05, 0.1) is 0 Å². The van der Waals surface area contributed by atoms with Crippen LogP contribution in [0.25, 0.3) is 0 Å². The highest BCUT2D eigenvalue weighted by Gasteiger charge is 2.10. The minimum absolute atomic E-state index is 0.321. The number of rotatable bonds is 4. The fourth-order valence-electron chi connectivity index (χ4n) is 1.75. The summed E-state index contributed by atoms with van der Waals surface area (Å²) < 4.78 is 0. The SMILES string of the molecule is CNC(Cc1cccc(O)c1)c1cccs1. The first-order valence-corrected chi connectivity index (χ1v) is 6.16. The van der Waals surface area contributed by atoms with Crippen LogP contribution in [0.2, 0.25) is 0 Å². The van der Waals surface area contributed by atoms with E-state index in [4.69, 9.17) is 0 Å². The Bertz CT molecular complexity index is 439. The molecule has 16 heavy (non-hydrogen) atoms. The second-order valence-electron chi connectivity index (χ2n) is 3.73. The first kappa shape index (κ1) is 11.2. The zero-order chi connectivity index (χ0) is 11.4. The van der Waals surface area contributed by atoms with Crippen LogP contribution < -0.4 is 5.32 Å². The van der Waals surface area contributed by atoms with E-state index in [2.05, 4.69) is 22.8 Å². The molecule has 2 rings (SSSR count). The summed E-state index contributed by atoms with van der Waals surface area (Å²) in [5.41, 5.74) is 1.15. The van der Waals surface area contributed by atoms with Gasteiger partial charge in [-0.15, -0.1) is 11.3 Å². The molecule has 1 aromatic heterocycles. The van der Waals surface area contributed by atoms with Crippen molar-refractivity contribution in [2.45, 2.75) is 12.5 Å². The third kappa shape index (κ3) is 2.62. The summed E-state index contributed by atoms with van der Waals surface area (Å²) in [5, 5.41) is 14.8. The Kier molecular flexibility index (Phi) is 3.59. The van der Waals surface area contributed by atoms with Gasteiger partial charge in [-0.05, 0) is 42.6 Å². The Morgan fingerprint density at radius 1 is 1.31 bits per heavy atom. The van der Waals surface area contributed by atoms with E-state index in [1.54, 1.807) is 17.4 Å². The maximum atomic E-state index is 9.41. The van der Waals surface area contributed by atoms with E-state index in [1.807, 2.05) is 25.2 Å². The molecule has 0 saturated heterocycles. The predicted octanol–water partition coefficient (Wildman–Crippen LogP) is 2.96. The highest BCUT2D eigenvalue weighted by atomic mass is 32.1. The van der Waals surface area contributed by atoms with Gasteiger partial charge in [-0.3, -0.25) is 0 Å². The Hall–Kier alpha value is -1.32. The number of aromatic hydroxyl groups is 1. The van der Waals surface area contributed by atoms with E-state index in [0.29, 0.717) is 11.8 Å². The lowest BCUT2D eigenvalue weighted by Crippen LogP contribution is -2.17. The molecule has 0 bridgehead atoms. The topological polar surface area (TPSA) is 32.3 Å². The van der Waals surface area contributed by atoms with Crippen LogP contribution in [0.4, 0.5) is 0 Å². The van der Waals surface area contributed by atoms with Crippen LogP contribution in [0.5, 0.6) is 5.75 Å². The van der Waals surface area contributed by atoms with Crippen LogP contribution in [-0.4, -0.2) is 12.2 Å². The molecule has 1 heterocycles. The number of nitrogens with one attached hydrogen (secondary N) is 1. The third-order valence-electron chi connectivity index (χ3n) is 2.59. The Balaban J connectivity index is 2.13. The fourth-order valence-corrected chi connectivity index (χ4v) is 2.59. The van der Waals surface area contributed by atoms with Crippen molar-refractivity contribution in [3.63, 3.8) is 0 Å². The van der Waals surface area contributed by atoms with Crippen LogP contribution in [0.3, 0.4) is 0 Å². The number of phenolic OH excluding ortho intramolecular Hbond substituents is 1. The second kappa shape index (κ2) is 5.14. The molecule has 0 fully saturated rings. The summed E-state index contributed by atoms with van der Waals surface area (Å²) in [7, 11) is 1.97. The summed E-state index contributed by atoms with van der Waals surface area (Å²) in [6.07, 6.45) is 0.894. The minimum Gasteiger partial charge on any atom is -0.508 e. The van der Waals surface area contributed by atoms with Gasteiger partial charge in [0.25, 0.3) is 0 Å². The number of likely N-dealkylation sites (N-methyl/N-ethyl adjacent to an activating group) is 1. The van der Waals surface area contributed by atoms with E-state index in [-0.39, 0.29) is 0 Å². The van der Waals surface area contributed by atoms with Gasteiger partial charge in [-0.25, -0.2) is 0 Å². The maximum absolute atomic E-state index is 9.41. The molecule has 2 nitrogen and oxygen atoms in total. The Labute approximate surface area is 99.6 Å². The maximum Gasteiger partial charge on any atom is 0.115 e. The first-order valence-electron chi connectivity index (χ1n) is 5.28. The molecule has 0 aliphatic rings. The molecule has 84 valence electrons. The lowest BCUT2D eigenvalue weighted by atomic mass is 10.0. The van der Waals surface area contributed by atoms with Gasteiger partial charge in [0.15, 0.2) is 0 Å². The molecule has 0 saturated carbocycles. The summed E-state index contributed by atoms with van der Waals surface area (Å²) in [6, 6.07) is 12.0. The van der Waals surface area contributed by atoms with E-state index in [0.717, 1.165) is 12.0 Å². The highest BCUT2D eigenvalue weighted by molar-refractivity contribution is 7.10. The van der Waals surface area contributed by atoms with E-state index < -0.39 is 0 Å². The van der Waals surface area contributed by atoms with Gasteiger partial charge in [-0.2, -0.15) is 0 Å². The lowest BCUT2D eigenvalue weighted by Gasteiger charge is -2.14. The molecule has 1 aromatic carbocycles. The summed E-state index contributed by atoms with van der Waals surface area (Å²) in [4.78, 5) is 1.32. The number of hydrogen-bond donors (Lipinski definition) is 2. The van der Waals surface area contributed by atoms with Crippen molar-refractivity contribution in [2.75, 3.05) is 7.05 Å². The minimum atomic E-state index is 0.321. The van der Waals surface area contributed by atoms with Crippen molar-refractivity contribution < 1.29 is 5.11 Å². The normalized spacial score (nSPS) is 12.6. The smallest absolute Gasteiger partial charge is 0.115 e. The Morgan fingerprint density at radius 3 is 2.81 bits per heavy atom. The second-order valence-corrected chi connectivity index (χ2v) is 4.71. The molecule has 2 N–H and O–H groups in total. The van der Waals surface area contributed by atoms with Gasteiger partial charge >= 0.3 is 0 Å². The lowest BCUT2D eigenvalue weighted by molar-refractivity contribution is 0.473. The molecule has 1 atom stereocenters. The summed E-state index contributed by atoms with van der Waals surface area (Å²) in [5.74, 6) is 0.332. The van der Waals surface area contributed by atoms with Crippen molar-refractivity contribution in [3.05, 3.63) is 52.2 Å². The fraction of sp³-hybridized carbons (Fsp3) is 0.231. The van der Waals surface area contributed by atoms with Gasteiger partial charge in [0.1, 0.15) is 5.75 Å². The Morgan fingerprint density at radius 2 is 2.19 bits per heavy atom. The zero-order valence-electron chi connectivity index (χ0n) is 9.18. The summed E-state index contributed by atoms with van der Waals surface area (Å²) in [6.45, 7) is 0. The van der Waals surface area contributed by atoms with Crippen molar-refractivity contribution in [1.29, 1.82) is 0 Å². The number of hydrogen-bond acceptors (Lipinski definition) is 3. The monoisotopic (exact) mass is 233 g/mol. The average Bonchev–Trinajstić information content (AvgIpc) is 2.79. The third-order valence-corrected chi connectivity index (χ3v) is 3.57. The molecular formula is C13H15NOS. The molecule has 2 aromatic rings. The molecule has 0 spiro atoms. The van der Waals surface area contributed by atoms with Crippen LogP contribution in [0, 0.1) is 0 Å². The molecule has 3 heteroatoms. The standard InChI is InChI=1S/C13H15NOS/c1-14-12(13-6-3-7-16-13)9-10-4-2-5-11(15)8-10/h2-8,12,14-15H,9H2,1H3. The van der Waals surface area contributed by atoms with E-state index in [1.165, 1.54) is 4.88 Å². The quantitative estimate of drug-likeness (QED) is 0.851. The van der Waals surface area contributed by atoms with E-state index >= 15 is 0 Å². The predicted molar refractivity (Wildman–Crippen MR) is 67.9 cm³/mol. The molecular weight excluding hydrogens is 218 g/mol. The highest BCUT2D eigenvalue weighted by Crippen LogP contribution is 2.23. The number of phenols is 1. The number of thiophene rings is 1. The largest absolute Gasteiger partial charge is 0.508 e. The van der Waals surface area contributed by atoms with E-state index in [9.17, 15) is 5.11 Å². The van der Waals surface area contributed by atoms with Crippen LogP contribution >= 0.6 is 11.3 Å². The molecule has 0 amide bonds. The molecule has 0 aliphatic carbocycles. The summed E-state index contributed by atoms with van der Waals surface area (Å²) >= 11 is 1.75. The molecule has 0 radical (unpaired) electrons. The van der Waals surface area contributed by atoms with Crippen molar-refractivity contribution >= 4 is 11.3 Å². The first-order chi connectivity index (χ1) is 7.79. The average molecular weight is 233 g/mol. The number of benzene rings is 1. The molecule has 1 unspecified atom stereocenters. The van der Waals surface area contributed by atoms with Crippen molar-refractivity contribution in [1.82, 2.24) is 5.32 Å². The van der Waals surface area contributed by atoms with Gasteiger partial charge in [0.2, 0.25) is 0 Å². The zero-order valence-corrected chi connectivity index (χ0v) is 10.00. The van der Waals surface area contributed by atoms with Gasteiger partial charge in [0, 0.05) is 10.9 Å². The van der Waals surface area contributed by atoms with Crippen LogP contribution in [0.15, 0.2) is 41.8 Å². The van der Waals surface area contributed by atoms with Gasteiger partial charge < -0.3 is 10.4 Å². The van der Waals surface area contributed by atoms with Gasteiger partial charge in [-0.1, -0.05) is 18.2 Å². The van der Waals surface area contributed by atoms with Crippen LogP contribution in [-0.2, 0) is 6.42 Å². The van der Waals surface area contributed by atoms with Crippen molar-refractivity contribution in [3.8, 4) is 5.75 Å². The molecule has 0 aliphatic heterocycles.